The summed E-state index contributed by atoms with van der Waals surface area (Å²) in [5.41, 5.74) is -4.87. The van der Waals surface area contributed by atoms with Gasteiger partial charge in [0.2, 0.25) is 0 Å². The summed E-state index contributed by atoms with van der Waals surface area (Å²) in [6.45, 7) is 5.89. The van der Waals surface area contributed by atoms with Crippen molar-refractivity contribution >= 4 is 11.6 Å². The molecule has 0 radical (unpaired) electrons. The minimum Gasteiger partial charge on any atom is -0.390 e. The number of carbonyl (C=O) groups is 2. The second-order valence-corrected chi connectivity index (χ2v) is 11.5. The molecule has 5 rings (SSSR count). The van der Waals surface area contributed by atoms with Crippen molar-refractivity contribution in [3.63, 3.8) is 0 Å². The predicted octanol–water partition coefficient (Wildman–Crippen LogP) is 3.33. The zero-order chi connectivity index (χ0) is 23.1. The van der Waals surface area contributed by atoms with E-state index in [1.807, 2.05) is 13.8 Å². The minimum atomic E-state index is -1.95. The number of alkyl halides is 1. The molecule has 2 N–H and O–H groups in total. The van der Waals surface area contributed by atoms with Gasteiger partial charge in [-0.15, -0.1) is 0 Å². The number of ether oxygens (including phenoxy) is 1. The number of ketones is 2. The molecule has 5 aliphatic carbocycles. The highest BCUT2D eigenvalue weighted by atomic mass is 19.1. The molecule has 32 heavy (non-hydrogen) atoms. The van der Waals surface area contributed by atoms with Gasteiger partial charge < -0.3 is 14.9 Å². The first-order chi connectivity index (χ1) is 15.0. The third-order valence-corrected chi connectivity index (χ3v) is 9.93. The van der Waals surface area contributed by atoms with Gasteiger partial charge in [-0.1, -0.05) is 25.5 Å². The molecule has 0 heterocycles. The lowest BCUT2D eigenvalue weighted by Gasteiger charge is -2.62. The van der Waals surface area contributed by atoms with Crippen molar-refractivity contribution < 1.29 is 28.9 Å². The Bertz CT molecular complexity index is 908. The van der Waals surface area contributed by atoms with Gasteiger partial charge in [0.15, 0.2) is 17.2 Å². The van der Waals surface area contributed by atoms with Crippen molar-refractivity contribution in [1.29, 1.82) is 0 Å². The van der Waals surface area contributed by atoms with Crippen molar-refractivity contribution in [2.45, 2.75) is 76.7 Å². The average molecular weight is 447 g/mol. The molecular formula is C26H35FO5. The van der Waals surface area contributed by atoms with E-state index in [-0.39, 0.29) is 36.4 Å². The summed E-state index contributed by atoms with van der Waals surface area (Å²) in [6.07, 6.45) is 7.05. The maximum Gasteiger partial charge on any atom is 0.190 e. The minimum absolute atomic E-state index is 0.00449. The van der Waals surface area contributed by atoms with Gasteiger partial charge in [0.1, 0.15) is 12.2 Å². The van der Waals surface area contributed by atoms with Crippen molar-refractivity contribution in [2.24, 2.45) is 34.5 Å². The molecule has 0 aromatic rings. The molecule has 0 bridgehead atoms. The fourth-order valence-electron chi connectivity index (χ4n) is 7.85. The first kappa shape index (κ1) is 22.4. The lowest BCUT2D eigenvalue weighted by atomic mass is 9.44. The Morgan fingerprint density at radius 3 is 2.66 bits per heavy atom. The van der Waals surface area contributed by atoms with Gasteiger partial charge in [-0.25, -0.2) is 4.39 Å². The fraction of sp³-hybridized carbons (Fsp3) is 0.769. The number of carbonyl (C=O) groups excluding carboxylic acids is 2. The Morgan fingerprint density at radius 2 is 1.97 bits per heavy atom. The van der Waals surface area contributed by atoms with Crippen LogP contribution in [0.15, 0.2) is 23.8 Å². The molecule has 4 saturated carbocycles. The molecule has 4 fully saturated rings. The van der Waals surface area contributed by atoms with Crippen LogP contribution in [0, 0.1) is 34.5 Å². The number of allylic oxidation sites excluding steroid dienone is 4. The Kier molecular flexibility index (Phi) is 4.95. The smallest absolute Gasteiger partial charge is 0.190 e. The number of fused-ring (bicyclic) bond motifs is 5. The number of aliphatic hydroxyl groups excluding tert-OH is 1. The highest BCUT2D eigenvalue weighted by molar-refractivity contribution is 6.01. The second-order valence-electron chi connectivity index (χ2n) is 11.5. The molecule has 176 valence electrons. The van der Waals surface area contributed by atoms with Crippen LogP contribution in [0.4, 0.5) is 4.39 Å². The molecule has 5 nitrogen and oxygen atoms in total. The third kappa shape index (κ3) is 2.72. The average Bonchev–Trinajstić information content (AvgIpc) is 3.53. The van der Waals surface area contributed by atoms with E-state index in [0.29, 0.717) is 31.8 Å². The van der Waals surface area contributed by atoms with Gasteiger partial charge in [-0.05, 0) is 75.4 Å². The molecule has 0 aromatic carbocycles. The monoisotopic (exact) mass is 446 g/mol. The van der Waals surface area contributed by atoms with E-state index >= 15 is 4.39 Å². The van der Waals surface area contributed by atoms with Crippen LogP contribution in [-0.2, 0) is 14.3 Å². The highest BCUT2D eigenvalue weighted by Crippen LogP contribution is 2.70. The van der Waals surface area contributed by atoms with E-state index in [4.69, 9.17) is 4.74 Å². The van der Waals surface area contributed by atoms with Crippen LogP contribution in [0.1, 0.15) is 59.3 Å². The van der Waals surface area contributed by atoms with E-state index in [2.05, 4.69) is 0 Å². The summed E-state index contributed by atoms with van der Waals surface area (Å²) in [5, 5.41) is 23.2. The number of Topliss-reactive ketones (excluding diaryl/α,β-unsaturated/α-hetero) is 1. The molecule has 6 heteroatoms. The van der Waals surface area contributed by atoms with Crippen molar-refractivity contribution in [1.82, 2.24) is 0 Å². The molecular weight excluding hydrogens is 411 g/mol. The van der Waals surface area contributed by atoms with E-state index in [0.717, 1.165) is 18.4 Å². The van der Waals surface area contributed by atoms with E-state index in [9.17, 15) is 19.8 Å². The first-order valence-corrected chi connectivity index (χ1v) is 12.1. The zero-order valence-corrected chi connectivity index (χ0v) is 19.3. The summed E-state index contributed by atoms with van der Waals surface area (Å²) in [7, 11) is 0. The van der Waals surface area contributed by atoms with Crippen LogP contribution in [0.3, 0.4) is 0 Å². The van der Waals surface area contributed by atoms with Crippen molar-refractivity contribution in [3.8, 4) is 0 Å². The summed E-state index contributed by atoms with van der Waals surface area (Å²) in [5.74, 6) is -1.07. The van der Waals surface area contributed by atoms with Crippen LogP contribution >= 0.6 is 0 Å². The molecule has 0 amide bonds. The number of aliphatic hydroxyl groups is 2. The van der Waals surface area contributed by atoms with Gasteiger partial charge in [-0.2, -0.15) is 0 Å². The molecule has 5 aliphatic rings. The van der Waals surface area contributed by atoms with E-state index < -0.39 is 34.1 Å². The Hall–Kier alpha value is -1.37. The zero-order valence-electron chi connectivity index (χ0n) is 19.3. The van der Waals surface area contributed by atoms with Gasteiger partial charge in [0, 0.05) is 23.4 Å². The number of hydrogen-bond acceptors (Lipinski definition) is 5. The molecule has 0 aromatic heterocycles. The summed E-state index contributed by atoms with van der Waals surface area (Å²) >= 11 is 0. The lowest BCUT2D eigenvalue weighted by molar-refractivity contribution is -0.219. The Labute approximate surface area is 189 Å². The second kappa shape index (κ2) is 7.07. The van der Waals surface area contributed by atoms with Crippen LogP contribution in [0.5, 0.6) is 0 Å². The van der Waals surface area contributed by atoms with Gasteiger partial charge in [0.25, 0.3) is 0 Å². The van der Waals surface area contributed by atoms with E-state index in [1.54, 1.807) is 13.0 Å². The number of hydrogen-bond donors (Lipinski definition) is 2. The SMILES string of the molecule is C[C@@H]1C[C@H]2[C@@H]3CCC4=CC(=O)C=C[C@]4(C)[C@@]3(F)[C@@H](O)C[C@]2(C)[C@@]1(O)C(=O)COCC1CC1. The predicted molar refractivity (Wildman–Crippen MR) is 116 cm³/mol. The first-order valence-electron chi connectivity index (χ1n) is 12.1. The van der Waals surface area contributed by atoms with E-state index in [1.165, 1.54) is 12.2 Å². The molecule has 0 saturated heterocycles. The summed E-state index contributed by atoms with van der Waals surface area (Å²) < 4.78 is 22.7. The highest BCUT2D eigenvalue weighted by Gasteiger charge is 2.75. The summed E-state index contributed by atoms with van der Waals surface area (Å²) in [4.78, 5) is 25.2. The molecule has 8 atom stereocenters. The quantitative estimate of drug-likeness (QED) is 0.677. The normalized spacial score (nSPS) is 49.8. The van der Waals surface area contributed by atoms with Gasteiger partial charge in [-0.3, -0.25) is 9.59 Å². The number of rotatable bonds is 5. The van der Waals surface area contributed by atoms with Crippen LogP contribution < -0.4 is 0 Å². The topological polar surface area (TPSA) is 83.8 Å². The van der Waals surface area contributed by atoms with Gasteiger partial charge >= 0.3 is 0 Å². The van der Waals surface area contributed by atoms with Crippen LogP contribution in [0.25, 0.3) is 0 Å². The Morgan fingerprint density at radius 1 is 1.25 bits per heavy atom. The van der Waals surface area contributed by atoms with Crippen LogP contribution in [-0.4, -0.2) is 52.4 Å². The number of halogens is 1. The maximum atomic E-state index is 17.1. The molecule has 0 aliphatic heterocycles. The Balaban J connectivity index is 1.48. The van der Waals surface area contributed by atoms with Gasteiger partial charge in [0.05, 0.1) is 6.10 Å². The standard InChI is InChI=1S/C26H35FO5/c1-15-10-20-19-7-6-17-11-18(28)8-9-23(17,2)25(19,27)21(29)12-24(20,3)26(15,31)22(30)14-32-13-16-4-5-16/h8-9,11,15-16,19-21,29,31H,4-7,10,12-14H2,1-3H3/t15-,19+,20+,21+,23+,24+,25+,26+/m1/s1. The fourth-order valence-corrected chi connectivity index (χ4v) is 7.85. The maximum absolute atomic E-state index is 17.1. The third-order valence-electron chi connectivity index (χ3n) is 9.93. The largest absolute Gasteiger partial charge is 0.390 e. The van der Waals surface area contributed by atoms with Crippen LogP contribution in [0.2, 0.25) is 0 Å². The molecule has 0 unspecified atom stereocenters. The summed E-state index contributed by atoms with van der Waals surface area (Å²) in [6, 6.07) is 0. The van der Waals surface area contributed by atoms with Crippen molar-refractivity contribution in [3.05, 3.63) is 23.8 Å². The molecule has 0 spiro atoms. The van der Waals surface area contributed by atoms with Crippen molar-refractivity contribution in [2.75, 3.05) is 13.2 Å². The lowest BCUT2D eigenvalue weighted by Crippen LogP contribution is -2.69.